The minimum atomic E-state index is -3.68. The number of nitrogens with zero attached hydrogens (tertiary/aromatic N) is 2. The number of carbonyl (C=O) groups is 1. The van der Waals surface area contributed by atoms with Gasteiger partial charge in [-0.05, 0) is 42.7 Å². The summed E-state index contributed by atoms with van der Waals surface area (Å²) in [6.45, 7) is 0.744. The fourth-order valence-electron chi connectivity index (χ4n) is 3.24. The monoisotopic (exact) mass is 392 g/mol. The fourth-order valence-corrected chi connectivity index (χ4v) is 5.13. The molecule has 0 spiro atoms. The Balaban J connectivity index is 1.78. The lowest BCUT2D eigenvalue weighted by molar-refractivity contribution is -0.133. The maximum atomic E-state index is 12.9. The molecule has 1 unspecified atom stereocenters. The van der Waals surface area contributed by atoms with Crippen molar-refractivity contribution in [3.63, 3.8) is 0 Å². The Morgan fingerprint density at radius 1 is 1.19 bits per heavy atom. The molecule has 2 aromatic rings. The molecule has 7 heteroatoms. The Hall–Kier alpha value is -1.89. The van der Waals surface area contributed by atoms with Crippen LogP contribution in [-0.4, -0.2) is 43.2 Å². The van der Waals surface area contributed by atoms with Crippen LogP contribution >= 0.6 is 11.6 Å². The number of sulfonamides is 1. The number of hydrogen-bond acceptors (Lipinski definition) is 3. The molecule has 1 atom stereocenters. The van der Waals surface area contributed by atoms with Gasteiger partial charge in [0.15, 0.2) is 0 Å². The van der Waals surface area contributed by atoms with Crippen molar-refractivity contribution < 1.29 is 13.2 Å². The summed E-state index contributed by atoms with van der Waals surface area (Å²) < 4.78 is 27.2. The Kier molecular flexibility index (Phi) is 5.65. The molecule has 2 aromatic carbocycles. The van der Waals surface area contributed by atoms with Gasteiger partial charge < -0.3 is 4.90 Å². The van der Waals surface area contributed by atoms with Crippen LogP contribution in [0.1, 0.15) is 18.4 Å². The van der Waals surface area contributed by atoms with Gasteiger partial charge >= 0.3 is 0 Å². The number of hydrogen-bond donors (Lipinski definition) is 0. The van der Waals surface area contributed by atoms with Crippen LogP contribution in [0.5, 0.6) is 0 Å². The molecule has 138 valence electrons. The van der Waals surface area contributed by atoms with Crippen molar-refractivity contribution in [3.8, 4) is 0 Å². The Labute approximate surface area is 159 Å². The lowest BCUT2D eigenvalue weighted by Crippen LogP contribution is -2.46. The highest BCUT2D eigenvalue weighted by molar-refractivity contribution is 7.89. The Bertz CT molecular complexity index is 887. The van der Waals surface area contributed by atoms with Crippen molar-refractivity contribution in [1.82, 2.24) is 9.21 Å². The SMILES string of the molecule is CN(Cc1cccc(Cl)c1)C(=O)C1CCCN1S(=O)(=O)c1ccccc1. The number of halogens is 1. The molecular formula is C19H21ClN2O3S. The average molecular weight is 393 g/mol. The number of rotatable bonds is 5. The van der Waals surface area contributed by atoms with Crippen LogP contribution in [0.4, 0.5) is 0 Å². The fraction of sp³-hybridized carbons (Fsp3) is 0.316. The summed E-state index contributed by atoms with van der Waals surface area (Å²) in [6.07, 6.45) is 1.21. The first-order chi connectivity index (χ1) is 12.4. The smallest absolute Gasteiger partial charge is 0.243 e. The number of benzene rings is 2. The molecule has 1 heterocycles. The van der Waals surface area contributed by atoms with Crippen molar-refractivity contribution in [2.24, 2.45) is 0 Å². The highest BCUT2D eigenvalue weighted by atomic mass is 35.5. The normalized spacial score (nSPS) is 18.0. The highest BCUT2D eigenvalue weighted by Crippen LogP contribution is 2.27. The molecule has 1 aliphatic rings. The first-order valence-corrected chi connectivity index (χ1v) is 10.3. The molecule has 0 aliphatic carbocycles. The van der Waals surface area contributed by atoms with Crippen molar-refractivity contribution >= 4 is 27.5 Å². The molecule has 1 aliphatic heterocycles. The van der Waals surface area contributed by atoms with E-state index < -0.39 is 16.1 Å². The maximum absolute atomic E-state index is 12.9. The lowest BCUT2D eigenvalue weighted by atomic mass is 10.1. The van der Waals surface area contributed by atoms with Crippen LogP contribution in [0.15, 0.2) is 59.5 Å². The molecule has 0 saturated carbocycles. The Morgan fingerprint density at radius 2 is 1.92 bits per heavy atom. The van der Waals surface area contributed by atoms with E-state index >= 15 is 0 Å². The first-order valence-electron chi connectivity index (χ1n) is 8.46. The molecule has 0 bridgehead atoms. The zero-order chi connectivity index (χ0) is 18.7. The summed E-state index contributed by atoms with van der Waals surface area (Å²) in [6, 6.07) is 14.9. The van der Waals surface area contributed by atoms with E-state index in [0.29, 0.717) is 31.0 Å². The maximum Gasteiger partial charge on any atom is 0.243 e. The predicted molar refractivity (Wildman–Crippen MR) is 101 cm³/mol. The molecular weight excluding hydrogens is 372 g/mol. The van der Waals surface area contributed by atoms with Crippen LogP contribution in [0.2, 0.25) is 5.02 Å². The van der Waals surface area contributed by atoms with Gasteiger partial charge in [-0.1, -0.05) is 41.9 Å². The zero-order valence-corrected chi connectivity index (χ0v) is 16.1. The van der Waals surface area contributed by atoms with Crippen molar-refractivity contribution in [2.75, 3.05) is 13.6 Å². The summed E-state index contributed by atoms with van der Waals surface area (Å²) in [5.41, 5.74) is 0.906. The zero-order valence-electron chi connectivity index (χ0n) is 14.5. The predicted octanol–water partition coefficient (Wildman–Crippen LogP) is 3.15. The van der Waals surface area contributed by atoms with Crippen molar-refractivity contribution in [2.45, 2.75) is 30.3 Å². The van der Waals surface area contributed by atoms with E-state index in [1.807, 2.05) is 12.1 Å². The van der Waals surface area contributed by atoms with E-state index in [9.17, 15) is 13.2 Å². The first kappa shape index (κ1) is 18.9. The molecule has 1 saturated heterocycles. The van der Waals surface area contributed by atoms with Gasteiger partial charge in [0, 0.05) is 25.2 Å². The van der Waals surface area contributed by atoms with Crippen LogP contribution in [-0.2, 0) is 21.4 Å². The largest absolute Gasteiger partial charge is 0.340 e. The van der Waals surface area contributed by atoms with E-state index in [4.69, 9.17) is 11.6 Å². The highest BCUT2D eigenvalue weighted by Gasteiger charge is 2.40. The summed E-state index contributed by atoms with van der Waals surface area (Å²) in [5.74, 6) is -0.193. The average Bonchev–Trinajstić information content (AvgIpc) is 3.12. The molecule has 0 aromatic heterocycles. The standard InChI is InChI=1S/C19H21ClN2O3S/c1-21(14-15-7-5-8-16(20)13-15)19(23)18-11-6-12-22(18)26(24,25)17-9-3-2-4-10-17/h2-5,7-10,13,18H,6,11-12,14H2,1H3. The molecule has 3 rings (SSSR count). The van der Waals surface area contributed by atoms with Gasteiger partial charge in [0.05, 0.1) is 4.90 Å². The molecule has 26 heavy (non-hydrogen) atoms. The van der Waals surface area contributed by atoms with Crippen LogP contribution in [0.3, 0.4) is 0 Å². The molecule has 5 nitrogen and oxygen atoms in total. The summed E-state index contributed by atoms with van der Waals surface area (Å²) in [4.78, 5) is 14.7. The molecule has 1 amide bonds. The number of likely N-dealkylation sites (N-methyl/N-ethyl adjacent to an activating group) is 1. The van der Waals surface area contributed by atoms with Crippen LogP contribution in [0.25, 0.3) is 0 Å². The van der Waals surface area contributed by atoms with E-state index in [0.717, 1.165) is 5.56 Å². The van der Waals surface area contributed by atoms with Gasteiger partial charge in [0.1, 0.15) is 6.04 Å². The minimum absolute atomic E-state index is 0.193. The topological polar surface area (TPSA) is 57.7 Å². The summed E-state index contributed by atoms with van der Waals surface area (Å²) >= 11 is 5.99. The lowest BCUT2D eigenvalue weighted by Gasteiger charge is -2.27. The summed E-state index contributed by atoms with van der Waals surface area (Å²) in [7, 11) is -1.99. The quantitative estimate of drug-likeness (QED) is 0.785. The minimum Gasteiger partial charge on any atom is -0.340 e. The van der Waals surface area contributed by atoms with Gasteiger partial charge in [0.2, 0.25) is 15.9 Å². The molecule has 1 fully saturated rings. The van der Waals surface area contributed by atoms with E-state index in [2.05, 4.69) is 0 Å². The van der Waals surface area contributed by atoms with E-state index in [-0.39, 0.29) is 10.8 Å². The second kappa shape index (κ2) is 7.78. The van der Waals surface area contributed by atoms with Gasteiger partial charge in [-0.25, -0.2) is 8.42 Å². The van der Waals surface area contributed by atoms with Gasteiger partial charge in [-0.15, -0.1) is 0 Å². The number of carbonyl (C=O) groups excluding carboxylic acids is 1. The van der Waals surface area contributed by atoms with E-state index in [1.165, 1.54) is 4.31 Å². The number of amides is 1. The Morgan fingerprint density at radius 3 is 2.62 bits per heavy atom. The third-order valence-corrected chi connectivity index (χ3v) is 6.68. The molecule has 0 N–H and O–H groups in total. The third-order valence-electron chi connectivity index (χ3n) is 4.52. The van der Waals surface area contributed by atoms with Gasteiger partial charge in [-0.3, -0.25) is 4.79 Å². The third kappa shape index (κ3) is 3.92. The van der Waals surface area contributed by atoms with Crippen molar-refractivity contribution in [3.05, 3.63) is 65.2 Å². The van der Waals surface area contributed by atoms with E-state index in [1.54, 1.807) is 54.4 Å². The van der Waals surface area contributed by atoms with Gasteiger partial charge in [-0.2, -0.15) is 4.31 Å². The van der Waals surface area contributed by atoms with Crippen LogP contribution in [0, 0.1) is 0 Å². The van der Waals surface area contributed by atoms with Gasteiger partial charge in [0.25, 0.3) is 0 Å². The second-order valence-electron chi connectivity index (χ2n) is 6.41. The van der Waals surface area contributed by atoms with Crippen molar-refractivity contribution in [1.29, 1.82) is 0 Å². The van der Waals surface area contributed by atoms with Crippen LogP contribution < -0.4 is 0 Å². The summed E-state index contributed by atoms with van der Waals surface area (Å²) in [5, 5.41) is 0.609. The molecule has 0 radical (unpaired) electrons. The second-order valence-corrected chi connectivity index (χ2v) is 8.74.